The highest BCUT2D eigenvalue weighted by atomic mass is 16.4. The molecule has 3 heterocycles. The number of carbonyl (C=O) groups excluding carboxylic acids is 2. The van der Waals surface area contributed by atoms with Crippen LogP contribution in [0.2, 0.25) is 0 Å². The summed E-state index contributed by atoms with van der Waals surface area (Å²) in [5, 5.41) is 0. The van der Waals surface area contributed by atoms with E-state index >= 15 is 0 Å². The number of aryl methyl sites for hydroxylation is 2. The molecule has 7 heteroatoms. The van der Waals surface area contributed by atoms with Crippen LogP contribution in [0.25, 0.3) is 0 Å². The summed E-state index contributed by atoms with van der Waals surface area (Å²) in [4.78, 5) is 36.8. The monoisotopic (exact) mass is 370 g/mol. The highest BCUT2D eigenvalue weighted by Gasteiger charge is 2.28. The molecule has 0 unspecified atom stereocenters. The highest BCUT2D eigenvalue weighted by molar-refractivity contribution is 5.93. The lowest BCUT2D eigenvalue weighted by molar-refractivity contribution is -0.132. The molecule has 1 saturated heterocycles. The lowest BCUT2D eigenvalue weighted by Crippen LogP contribution is -2.39. The van der Waals surface area contributed by atoms with Crippen LogP contribution in [-0.4, -0.2) is 50.7 Å². The van der Waals surface area contributed by atoms with Crippen LogP contribution in [0, 0.1) is 13.8 Å². The highest BCUT2D eigenvalue weighted by Crippen LogP contribution is 2.22. The minimum atomic E-state index is -0.0629. The van der Waals surface area contributed by atoms with Crippen LogP contribution in [0.1, 0.15) is 53.6 Å². The number of furan rings is 1. The van der Waals surface area contributed by atoms with E-state index in [1.54, 1.807) is 19.3 Å². The number of hydrogen-bond donors (Lipinski definition) is 0. The van der Waals surface area contributed by atoms with E-state index in [9.17, 15) is 9.59 Å². The Bertz CT molecular complexity index is 803. The third-order valence-corrected chi connectivity index (χ3v) is 5.03. The van der Waals surface area contributed by atoms with E-state index in [0.29, 0.717) is 25.4 Å². The lowest BCUT2D eigenvalue weighted by Gasteiger charge is -2.30. The van der Waals surface area contributed by atoms with E-state index in [0.717, 1.165) is 36.1 Å². The second kappa shape index (κ2) is 8.33. The Hall–Kier alpha value is -2.70. The fraction of sp³-hybridized carbons (Fsp3) is 0.500. The first-order valence-corrected chi connectivity index (χ1v) is 9.33. The molecule has 27 heavy (non-hydrogen) atoms. The molecule has 0 aromatic carbocycles. The van der Waals surface area contributed by atoms with Crippen LogP contribution >= 0.6 is 0 Å². The van der Waals surface area contributed by atoms with Crippen LogP contribution in [0.15, 0.2) is 29.2 Å². The molecule has 0 radical (unpaired) electrons. The van der Waals surface area contributed by atoms with Crippen molar-refractivity contribution >= 4 is 11.8 Å². The minimum absolute atomic E-state index is 0.0288. The molecule has 2 aromatic rings. The van der Waals surface area contributed by atoms with Crippen LogP contribution in [0.3, 0.4) is 0 Å². The van der Waals surface area contributed by atoms with Gasteiger partial charge >= 0.3 is 0 Å². The Morgan fingerprint density at radius 2 is 1.96 bits per heavy atom. The largest absolute Gasteiger partial charge is 0.456 e. The zero-order valence-corrected chi connectivity index (χ0v) is 16.1. The van der Waals surface area contributed by atoms with Gasteiger partial charge in [0, 0.05) is 56.1 Å². The van der Waals surface area contributed by atoms with Crippen LogP contribution < -0.4 is 0 Å². The Morgan fingerprint density at radius 3 is 2.59 bits per heavy atom. The van der Waals surface area contributed by atoms with Crippen LogP contribution in [0.5, 0.6) is 0 Å². The van der Waals surface area contributed by atoms with E-state index in [1.807, 2.05) is 29.7 Å². The standard InChI is InChI=1S/C20H26N4O3/c1-14-9-15(2)27-19(14)20(26)23-7-4-5-18(6-8-23)24(16(3)25)12-17-10-21-13-22-11-17/h9-11,13,18H,4-8,12H2,1-3H3/t18-/m1/s1. The van der Waals surface area contributed by atoms with Crippen molar-refractivity contribution in [3.05, 3.63) is 47.4 Å². The Labute approximate surface area is 159 Å². The van der Waals surface area contributed by atoms with Gasteiger partial charge in [0.05, 0.1) is 0 Å². The molecule has 1 aliphatic rings. The first-order chi connectivity index (χ1) is 13.0. The zero-order valence-electron chi connectivity index (χ0n) is 16.1. The van der Waals surface area contributed by atoms with Crippen molar-refractivity contribution in [3.8, 4) is 0 Å². The van der Waals surface area contributed by atoms with Crippen LogP contribution in [-0.2, 0) is 11.3 Å². The molecule has 7 nitrogen and oxygen atoms in total. The fourth-order valence-electron chi connectivity index (χ4n) is 3.70. The quantitative estimate of drug-likeness (QED) is 0.827. The fourth-order valence-corrected chi connectivity index (χ4v) is 3.70. The van der Waals surface area contributed by atoms with E-state index in [-0.39, 0.29) is 17.9 Å². The van der Waals surface area contributed by atoms with Gasteiger partial charge < -0.3 is 14.2 Å². The number of aromatic nitrogens is 2. The predicted octanol–water partition coefficient (Wildman–Crippen LogP) is 2.73. The smallest absolute Gasteiger partial charge is 0.289 e. The molecule has 144 valence electrons. The number of carbonyl (C=O) groups is 2. The molecule has 1 fully saturated rings. The van der Waals surface area contributed by atoms with Gasteiger partial charge in [0.1, 0.15) is 12.1 Å². The van der Waals surface area contributed by atoms with Gasteiger partial charge in [-0.2, -0.15) is 0 Å². The van der Waals surface area contributed by atoms with Crippen LogP contribution in [0.4, 0.5) is 0 Å². The second-order valence-corrected chi connectivity index (χ2v) is 7.14. The van der Waals surface area contributed by atoms with Crippen molar-refractivity contribution < 1.29 is 14.0 Å². The number of nitrogens with zero attached hydrogens (tertiary/aromatic N) is 4. The maximum absolute atomic E-state index is 12.8. The number of likely N-dealkylation sites (tertiary alicyclic amines) is 1. The first kappa shape index (κ1) is 19.1. The van der Waals surface area contributed by atoms with E-state index in [2.05, 4.69) is 9.97 Å². The van der Waals surface area contributed by atoms with E-state index in [4.69, 9.17) is 4.42 Å². The van der Waals surface area contributed by atoms with Crippen molar-refractivity contribution in [1.29, 1.82) is 0 Å². The summed E-state index contributed by atoms with van der Waals surface area (Å²) >= 11 is 0. The maximum atomic E-state index is 12.8. The van der Waals surface area contributed by atoms with Crippen molar-refractivity contribution in [2.45, 2.75) is 52.6 Å². The van der Waals surface area contributed by atoms with Crippen molar-refractivity contribution in [3.63, 3.8) is 0 Å². The summed E-state index contributed by atoms with van der Waals surface area (Å²) in [5.74, 6) is 1.14. The molecule has 0 bridgehead atoms. The lowest BCUT2D eigenvalue weighted by atomic mass is 10.1. The molecular formula is C20H26N4O3. The predicted molar refractivity (Wildman–Crippen MR) is 100.0 cm³/mol. The molecule has 0 saturated carbocycles. The summed E-state index contributed by atoms with van der Waals surface area (Å²) in [6.45, 7) is 7.11. The van der Waals surface area contributed by atoms with Gasteiger partial charge in [0.15, 0.2) is 5.76 Å². The average Bonchev–Trinajstić information content (AvgIpc) is 2.84. The maximum Gasteiger partial charge on any atom is 0.289 e. The van der Waals surface area contributed by atoms with Crippen molar-refractivity contribution in [2.75, 3.05) is 13.1 Å². The van der Waals surface area contributed by atoms with Gasteiger partial charge in [-0.15, -0.1) is 0 Å². The van der Waals surface area contributed by atoms with Gasteiger partial charge in [-0.05, 0) is 39.2 Å². The summed E-state index contributed by atoms with van der Waals surface area (Å²) < 4.78 is 5.59. The topological polar surface area (TPSA) is 79.5 Å². The van der Waals surface area contributed by atoms with E-state index in [1.165, 1.54) is 6.33 Å². The normalized spacial score (nSPS) is 17.4. The minimum Gasteiger partial charge on any atom is -0.456 e. The molecule has 2 amide bonds. The average molecular weight is 370 g/mol. The van der Waals surface area contributed by atoms with Crippen molar-refractivity contribution in [1.82, 2.24) is 19.8 Å². The Kier molecular flexibility index (Phi) is 5.88. The third kappa shape index (κ3) is 4.53. The summed E-state index contributed by atoms with van der Waals surface area (Å²) in [7, 11) is 0. The molecule has 1 atom stereocenters. The molecule has 1 aliphatic heterocycles. The Balaban J connectivity index is 1.68. The summed E-state index contributed by atoms with van der Waals surface area (Å²) in [6.07, 6.45) is 7.42. The zero-order chi connectivity index (χ0) is 19.4. The number of amides is 2. The van der Waals surface area contributed by atoms with Gasteiger partial charge in [0.25, 0.3) is 5.91 Å². The molecule has 0 N–H and O–H groups in total. The number of hydrogen-bond acceptors (Lipinski definition) is 5. The Morgan fingerprint density at radius 1 is 1.22 bits per heavy atom. The molecule has 3 rings (SSSR count). The second-order valence-electron chi connectivity index (χ2n) is 7.14. The van der Waals surface area contributed by atoms with Gasteiger partial charge in [-0.3, -0.25) is 9.59 Å². The van der Waals surface area contributed by atoms with Crippen molar-refractivity contribution in [2.24, 2.45) is 0 Å². The van der Waals surface area contributed by atoms with Gasteiger partial charge in [0.2, 0.25) is 5.91 Å². The molecule has 0 spiro atoms. The van der Waals surface area contributed by atoms with Gasteiger partial charge in [-0.25, -0.2) is 9.97 Å². The molecular weight excluding hydrogens is 344 g/mol. The molecule has 0 aliphatic carbocycles. The molecule has 2 aromatic heterocycles. The van der Waals surface area contributed by atoms with E-state index < -0.39 is 0 Å². The van der Waals surface area contributed by atoms with Gasteiger partial charge in [-0.1, -0.05) is 0 Å². The SMILES string of the molecule is CC(=O)N(Cc1cncnc1)[C@@H]1CCCN(C(=O)c2oc(C)cc2C)CC1. The first-order valence-electron chi connectivity index (χ1n) is 9.33. The third-order valence-electron chi connectivity index (χ3n) is 5.03. The summed E-state index contributed by atoms with van der Waals surface area (Å²) in [6, 6.07) is 1.98. The summed E-state index contributed by atoms with van der Waals surface area (Å²) in [5.41, 5.74) is 1.78. The number of rotatable bonds is 4.